The average Bonchev–Trinajstić information content (AvgIpc) is 2.83. The second kappa shape index (κ2) is 13.6. The van der Waals surface area contributed by atoms with Gasteiger partial charge in [0.1, 0.15) is 5.60 Å². The molecule has 8 nitrogen and oxygen atoms in total. The summed E-state index contributed by atoms with van der Waals surface area (Å²) in [6, 6.07) is 16.6. The molecule has 0 aliphatic rings. The van der Waals surface area contributed by atoms with Crippen LogP contribution in [0, 0.1) is 11.3 Å². The van der Waals surface area contributed by atoms with Gasteiger partial charge in [-0.25, -0.2) is 0 Å². The molecule has 2 amide bonds. The first-order valence-corrected chi connectivity index (χ1v) is 13.1. The fraction of sp³-hybridized carbons (Fsp3) is 0.500. The third-order valence-corrected chi connectivity index (χ3v) is 6.24. The van der Waals surface area contributed by atoms with Gasteiger partial charge in [-0.3, -0.25) is 19.7 Å². The molecule has 1 unspecified atom stereocenters. The predicted molar refractivity (Wildman–Crippen MR) is 148 cm³/mol. The molecule has 2 aromatic rings. The number of carbonyl (C=O) groups is 3. The van der Waals surface area contributed by atoms with Crippen molar-refractivity contribution in [3.05, 3.63) is 71.8 Å². The first-order valence-electron chi connectivity index (χ1n) is 13.1. The number of hydrogen-bond donors (Lipinski definition) is 4. The molecule has 0 spiro atoms. The number of imide groups is 1. The molecule has 0 saturated heterocycles. The molecule has 8 heteroatoms. The molecule has 208 valence electrons. The van der Waals surface area contributed by atoms with Gasteiger partial charge >= 0.3 is 5.97 Å². The fourth-order valence-electron chi connectivity index (χ4n) is 4.28. The highest BCUT2D eigenvalue weighted by Crippen LogP contribution is 2.34. The number of nitrogens with one attached hydrogen (secondary N) is 1. The third kappa shape index (κ3) is 9.35. The van der Waals surface area contributed by atoms with Gasteiger partial charge in [0.15, 0.2) is 5.41 Å². The summed E-state index contributed by atoms with van der Waals surface area (Å²) in [7, 11) is 0. The van der Waals surface area contributed by atoms with E-state index in [0.29, 0.717) is 18.4 Å². The highest BCUT2D eigenvalue weighted by Gasteiger charge is 2.51. The summed E-state index contributed by atoms with van der Waals surface area (Å²) in [5, 5.41) is 13.6. The number of nitrogens with two attached hydrogens (primary N) is 2. The van der Waals surface area contributed by atoms with Gasteiger partial charge in [0.2, 0.25) is 11.8 Å². The zero-order valence-electron chi connectivity index (χ0n) is 23.1. The van der Waals surface area contributed by atoms with Gasteiger partial charge in [-0.05, 0) is 57.1 Å². The van der Waals surface area contributed by atoms with E-state index >= 15 is 0 Å². The second-order valence-electron chi connectivity index (χ2n) is 11.4. The van der Waals surface area contributed by atoms with E-state index in [1.807, 2.05) is 50.2 Å². The maximum absolute atomic E-state index is 13.9. The topological polar surface area (TPSA) is 145 Å². The van der Waals surface area contributed by atoms with Crippen LogP contribution < -0.4 is 16.8 Å². The molecule has 6 N–H and O–H groups in total. The van der Waals surface area contributed by atoms with E-state index in [2.05, 4.69) is 5.32 Å². The summed E-state index contributed by atoms with van der Waals surface area (Å²) in [4.78, 5) is 40.5. The van der Waals surface area contributed by atoms with Crippen LogP contribution in [0.1, 0.15) is 58.6 Å². The number of aliphatic hydroxyl groups is 1. The van der Waals surface area contributed by atoms with Crippen molar-refractivity contribution in [2.45, 2.75) is 84.1 Å². The molecule has 0 bridgehead atoms. The van der Waals surface area contributed by atoms with Gasteiger partial charge in [0.05, 0.1) is 12.1 Å². The van der Waals surface area contributed by atoms with E-state index in [1.54, 1.807) is 45.0 Å². The number of esters is 1. The normalized spacial score (nSPS) is 15.7. The average molecular weight is 526 g/mol. The van der Waals surface area contributed by atoms with Crippen molar-refractivity contribution in [3.8, 4) is 0 Å². The van der Waals surface area contributed by atoms with Crippen LogP contribution in [0.25, 0.3) is 0 Å². The maximum Gasteiger partial charge on any atom is 0.322 e. The molecule has 0 saturated carbocycles. The SMILES string of the molecule is CC(C)CC(N)C(=O)NC(=O)[C@@](Cc1ccccc1)(C[C@H](O)[C@@H](N)Cc1ccccc1)C(=O)OC(C)(C)C. The van der Waals surface area contributed by atoms with Gasteiger partial charge in [-0.2, -0.15) is 0 Å². The standard InChI is InChI=1S/C30H43N3O5/c1-20(2)16-24(32)26(35)33-27(36)30(28(37)38-29(3,4)5,18-22-14-10-7-11-15-22)19-25(34)23(31)17-21-12-8-6-9-13-21/h6-15,20,23-25,34H,16-19,31-32H2,1-5H3,(H,33,35,36)/t23-,24?,25-,30+/m0/s1. The lowest BCUT2D eigenvalue weighted by molar-refractivity contribution is -0.173. The lowest BCUT2D eigenvalue weighted by atomic mass is 9.74. The number of amides is 2. The molecule has 0 radical (unpaired) electrons. The first-order chi connectivity index (χ1) is 17.7. The molecule has 2 rings (SSSR count). The summed E-state index contributed by atoms with van der Waals surface area (Å²) in [5.74, 6) is -2.27. The van der Waals surface area contributed by atoms with E-state index in [9.17, 15) is 19.5 Å². The van der Waals surface area contributed by atoms with Crippen LogP contribution in [-0.2, 0) is 32.0 Å². The molecule has 4 atom stereocenters. The third-order valence-electron chi connectivity index (χ3n) is 6.24. The molecular weight excluding hydrogens is 482 g/mol. The van der Waals surface area contributed by atoms with Crippen molar-refractivity contribution in [2.24, 2.45) is 22.8 Å². The Kier molecular flexibility index (Phi) is 11.2. The van der Waals surface area contributed by atoms with E-state index in [-0.39, 0.29) is 18.8 Å². The van der Waals surface area contributed by atoms with Crippen molar-refractivity contribution in [2.75, 3.05) is 0 Å². The van der Waals surface area contributed by atoms with Gasteiger partial charge in [0.25, 0.3) is 0 Å². The Morgan fingerprint density at radius 3 is 1.95 bits per heavy atom. The molecular formula is C30H43N3O5. The van der Waals surface area contributed by atoms with E-state index < -0.39 is 47.0 Å². The van der Waals surface area contributed by atoms with Crippen molar-refractivity contribution < 1.29 is 24.2 Å². The molecule has 0 aliphatic heterocycles. The van der Waals surface area contributed by atoms with Gasteiger partial charge in [-0.15, -0.1) is 0 Å². The quantitative estimate of drug-likeness (QED) is 0.246. The number of ether oxygens (including phenoxy) is 1. The van der Waals surface area contributed by atoms with Crippen molar-refractivity contribution in [1.29, 1.82) is 0 Å². The van der Waals surface area contributed by atoms with Gasteiger partial charge in [-0.1, -0.05) is 74.5 Å². The Labute approximate surface area is 226 Å². The van der Waals surface area contributed by atoms with Crippen LogP contribution in [0.2, 0.25) is 0 Å². The van der Waals surface area contributed by atoms with Crippen LogP contribution in [0.15, 0.2) is 60.7 Å². The maximum atomic E-state index is 13.9. The molecule has 38 heavy (non-hydrogen) atoms. The van der Waals surface area contributed by atoms with Crippen LogP contribution >= 0.6 is 0 Å². The zero-order valence-corrected chi connectivity index (χ0v) is 23.1. The summed E-state index contributed by atoms with van der Waals surface area (Å²) in [5.41, 5.74) is 11.1. The van der Waals surface area contributed by atoms with Crippen molar-refractivity contribution >= 4 is 17.8 Å². The lowest BCUT2D eigenvalue weighted by Gasteiger charge is -2.36. The van der Waals surface area contributed by atoms with E-state index in [0.717, 1.165) is 5.56 Å². The monoisotopic (exact) mass is 525 g/mol. The predicted octanol–water partition coefficient (Wildman–Crippen LogP) is 2.89. The Hall–Kier alpha value is -3.07. The van der Waals surface area contributed by atoms with E-state index in [4.69, 9.17) is 16.2 Å². The van der Waals surface area contributed by atoms with Crippen LogP contribution in [0.5, 0.6) is 0 Å². The Morgan fingerprint density at radius 1 is 0.921 bits per heavy atom. The minimum Gasteiger partial charge on any atom is -0.459 e. The minimum absolute atomic E-state index is 0.101. The molecule has 0 aromatic heterocycles. The lowest BCUT2D eigenvalue weighted by Crippen LogP contribution is -2.57. The van der Waals surface area contributed by atoms with Crippen LogP contribution in [-0.4, -0.2) is 46.7 Å². The van der Waals surface area contributed by atoms with Gasteiger partial charge in [0, 0.05) is 12.5 Å². The summed E-state index contributed by atoms with van der Waals surface area (Å²) < 4.78 is 5.71. The smallest absolute Gasteiger partial charge is 0.322 e. The molecule has 0 fully saturated rings. The Balaban J connectivity index is 2.48. The molecule has 0 aliphatic carbocycles. The fourth-order valence-corrected chi connectivity index (χ4v) is 4.28. The molecule has 2 aromatic carbocycles. The largest absolute Gasteiger partial charge is 0.459 e. The summed E-state index contributed by atoms with van der Waals surface area (Å²) >= 11 is 0. The van der Waals surface area contributed by atoms with Crippen LogP contribution in [0.3, 0.4) is 0 Å². The number of carbonyl (C=O) groups excluding carboxylic acids is 3. The number of rotatable bonds is 12. The first kappa shape index (κ1) is 31.1. The highest BCUT2D eigenvalue weighted by atomic mass is 16.6. The Morgan fingerprint density at radius 2 is 1.45 bits per heavy atom. The van der Waals surface area contributed by atoms with Crippen molar-refractivity contribution in [1.82, 2.24) is 5.32 Å². The minimum atomic E-state index is -1.93. The van der Waals surface area contributed by atoms with Crippen molar-refractivity contribution in [3.63, 3.8) is 0 Å². The highest BCUT2D eigenvalue weighted by molar-refractivity contribution is 6.09. The molecule has 0 heterocycles. The number of aliphatic hydroxyl groups excluding tert-OH is 1. The number of hydrogen-bond acceptors (Lipinski definition) is 7. The van der Waals surface area contributed by atoms with E-state index in [1.165, 1.54) is 0 Å². The Bertz CT molecular complexity index is 1050. The summed E-state index contributed by atoms with van der Waals surface area (Å²) in [6.07, 6.45) is -1.00. The number of benzene rings is 2. The zero-order chi connectivity index (χ0) is 28.5. The van der Waals surface area contributed by atoms with Gasteiger partial charge < -0.3 is 21.3 Å². The second-order valence-corrected chi connectivity index (χ2v) is 11.4. The summed E-state index contributed by atoms with van der Waals surface area (Å²) in [6.45, 7) is 8.91. The van der Waals surface area contributed by atoms with Crippen LogP contribution in [0.4, 0.5) is 0 Å².